The minimum absolute atomic E-state index is 0. The molecule has 259 valence electrons. The van der Waals surface area contributed by atoms with Crippen LogP contribution < -0.4 is 0 Å². The summed E-state index contributed by atoms with van der Waals surface area (Å²) in [5, 5.41) is 5.31. The van der Waals surface area contributed by atoms with Crippen LogP contribution in [0.4, 0.5) is 0 Å². The van der Waals surface area contributed by atoms with Gasteiger partial charge in [-0.05, 0) is 102 Å². The quantitative estimate of drug-likeness (QED) is 0.165. The first kappa shape index (κ1) is 33.7. The van der Waals surface area contributed by atoms with Gasteiger partial charge in [-0.25, -0.2) is 0 Å². The van der Waals surface area contributed by atoms with Crippen LogP contribution in [0, 0.1) is 52.2 Å². The average Bonchev–Trinajstić information content (AvgIpc) is 3.74. The smallest absolute Gasteiger partial charge is 0.129 e. The zero-order valence-corrected chi connectivity index (χ0v) is 33.5. The molecular formula is C46H42IrN2OS-2. The molecule has 1 radical (unpaired) electrons. The van der Waals surface area contributed by atoms with E-state index >= 15 is 0 Å². The standard InChI is InChI=1S/C32H28NOS.C14H14N.Ir/c1-19-8-6-9-20(2)29(19)26-16-27(33-18-21(26)17-32(3,4)5)24-11-7-10-22-23-12-13-28-25(14-15-35-28)31(23)34-30(22)24;1-10-4-6-13(7-5-10)14-8-11(2)12(3)9-15-14;/h6-10,12-16,18H,17H2,1-5H3;4-6,8-9H,1-3H3;/q2*-1;/i17D2;;. The van der Waals surface area contributed by atoms with Crippen LogP contribution in [0.3, 0.4) is 0 Å². The molecule has 0 aliphatic rings. The van der Waals surface area contributed by atoms with E-state index in [-0.39, 0.29) is 20.1 Å². The summed E-state index contributed by atoms with van der Waals surface area (Å²) < 4.78 is 25.9. The summed E-state index contributed by atoms with van der Waals surface area (Å²) in [5.74, 6) is 0. The maximum Gasteiger partial charge on any atom is 0.129 e. The molecule has 0 unspecified atom stereocenters. The second kappa shape index (κ2) is 14.7. The molecule has 4 aromatic carbocycles. The SMILES string of the molecule is Cc1c[c-]c(-c2cc(C)c(C)cn2)cc1.[2H]C([2H])(c1cnc(-c2[c-]ccc3c2oc2c4ccsc4ccc32)cc1-c1c(C)cccc1C)C(C)(C)C.[Ir]. The van der Waals surface area contributed by atoms with Crippen LogP contribution in [0.1, 0.15) is 56.9 Å². The Bertz CT molecular complexity index is 2580. The first-order valence-corrected chi connectivity index (χ1v) is 17.8. The summed E-state index contributed by atoms with van der Waals surface area (Å²) in [6, 6.07) is 33.4. The van der Waals surface area contributed by atoms with Crippen molar-refractivity contribution >= 4 is 43.4 Å². The predicted molar refractivity (Wildman–Crippen MR) is 212 cm³/mol. The van der Waals surface area contributed by atoms with Crippen LogP contribution in [0.5, 0.6) is 0 Å². The predicted octanol–water partition coefficient (Wildman–Crippen LogP) is 13.0. The molecule has 5 heteroatoms. The van der Waals surface area contributed by atoms with Gasteiger partial charge in [0.1, 0.15) is 5.58 Å². The third-order valence-electron chi connectivity index (χ3n) is 9.07. The van der Waals surface area contributed by atoms with Gasteiger partial charge in [0.15, 0.2) is 0 Å². The maximum atomic E-state index is 9.09. The minimum atomic E-state index is -1.60. The molecule has 51 heavy (non-hydrogen) atoms. The first-order valence-electron chi connectivity index (χ1n) is 18.0. The zero-order valence-electron chi connectivity index (χ0n) is 32.3. The van der Waals surface area contributed by atoms with Gasteiger partial charge in [-0.2, -0.15) is 0 Å². The molecule has 0 saturated heterocycles. The normalized spacial score (nSPS) is 12.3. The van der Waals surface area contributed by atoms with Crippen molar-refractivity contribution in [3.8, 4) is 33.6 Å². The van der Waals surface area contributed by atoms with E-state index in [1.165, 1.54) is 21.4 Å². The fourth-order valence-electron chi connectivity index (χ4n) is 6.41. The molecule has 0 saturated carbocycles. The number of rotatable bonds is 4. The molecule has 3 nitrogen and oxygen atoms in total. The third kappa shape index (κ3) is 7.48. The van der Waals surface area contributed by atoms with Crippen molar-refractivity contribution in [2.24, 2.45) is 5.41 Å². The number of benzene rings is 4. The monoisotopic (exact) mass is 865 g/mol. The molecule has 0 aliphatic heterocycles. The van der Waals surface area contributed by atoms with Gasteiger partial charge in [-0.3, -0.25) is 0 Å². The van der Waals surface area contributed by atoms with Crippen LogP contribution in [-0.4, -0.2) is 9.97 Å². The Morgan fingerprint density at radius 3 is 2.20 bits per heavy atom. The van der Waals surface area contributed by atoms with Gasteiger partial charge in [0, 0.05) is 50.7 Å². The van der Waals surface area contributed by atoms with Gasteiger partial charge in [0.2, 0.25) is 0 Å². The molecule has 8 aromatic rings. The molecule has 4 heterocycles. The van der Waals surface area contributed by atoms with Gasteiger partial charge in [0.25, 0.3) is 0 Å². The molecular weight excluding hydrogens is 821 g/mol. The Labute approximate surface area is 322 Å². The van der Waals surface area contributed by atoms with Crippen molar-refractivity contribution in [3.05, 3.63) is 142 Å². The molecule has 0 atom stereocenters. The van der Waals surface area contributed by atoms with E-state index in [0.29, 0.717) is 5.56 Å². The largest absolute Gasteiger partial charge is 0.500 e. The second-order valence-corrected chi connectivity index (χ2v) is 15.1. The average molecular weight is 865 g/mol. The Morgan fingerprint density at radius 2 is 1.49 bits per heavy atom. The van der Waals surface area contributed by atoms with Crippen LogP contribution in [-0.2, 0) is 26.5 Å². The Morgan fingerprint density at radius 1 is 0.745 bits per heavy atom. The second-order valence-electron chi connectivity index (χ2n) is 14.2. The van der Waals surface area contributed by atoms with Gasteiger partial charge >= 0.3 is 0 Å². The van der Waals surface area contributed by atoms with E-state index in [1.54, 1.807) is 17.5 Å². The summed E-state index contributed by atoms with van der Waals surface area (Å²) in [5.41, 5.74) is 13.0. The topological polar surface area (TPSA) is 38.9 Å². The molecule has 0 N–H and O–H groups in total. The summed E-state index contributed by atoms with van der Waals surface area (Å²) >= 11 is 1.70. The molecule has 0 amide bonds. The number of hydrogen-bond donors (Lipinski definition) is 0. The number of pyridine rings is 2. The number of nitrogens with zero attached hydrogens (tertiary/aromatic N) is 2. The van der Waals surface area contributed by atoms with Crippen LogP contribution in [0.15, 0.2) is 101 Å². The number of aromatic nitrogens is 2. The van der Waals surface area contributed by atoms with Crippen molar-refractivity contribution in [2.45, 2.75) is 61.8 Å². The van der Waals surface area contributed by atoms with Crippen LogP contribution >= 0.6 is 11.3 Å². The van der Waals surface area contributed by atoms with E-state index in [9.17, 15) is 0 Å². The van der Waals surface area contributed by atoms with Gasteiger partial charge in [0.05, 0.1) is 5.58 Å². The van der Waals surface area contributed by atoms with Crippen LogP contribution in [0.25, 0.3) is 65.7 Å². The zero-order chi connectivity index (χ0) is 36.9. The number of hydrogen-bond acceptors (Lipinski definition) is 4. The fourth-order valence-corrected chi connectivity index (χ4v) is 7.19. The minimum Gasteiger partial charge on any atom is -0.500 e. The Balaban J connectivity index is 0.000000252. The van der Waals surface area contributed by atoms with E-state index in [1.807, 2.05) is 57.3 Å². The number of fused-ring (bicyclic) bond motifs is 5. The first-order chi connectivity index (χ1) is 24.7. The number of furan rings is 1. The van der Waals surface area contributed by atoms with E-state index in [2.05, 4.69) is 106 Å². The molecule has 0 aliphatic carbocycles. The number of aryl methyl sites for hydroxylation is 5. The van der Waals surface area contributed by atoms with Crippen molar-refractivity contribution in [3.63, 3.8) is 0 Å². The summed E-state index contributed by atoms with van der Waals surface area (Å²) in [7, 11) is 0. The maximum absolute atomic E-state index is 9.09. The van der Waals surface area contributed by atoms with Gasteiger partial charge in [-0.1, -0.05) is 80.6 Å². The summed E-state index contributed by atoms with van der Waals surface area (Å²) in [6.45, 7) is 16.2. The van der Waals surface area contributed by atoms with Gasteiger partial charge in [-0.15, -0.1) is 64.9 Å². The molecule has 4 aromatic heterocycles. The van der Waals surface area contributed by atoms with Crippen molar-refractivity contribution in [1.29, 1.82) is 0 Å². The van der Waals surface area contributed by atoms with Crippen molar-refractivity contribution < 1.29 is 27.3 Å². The van der Waals surface area contributed by atoms with E-state index in [4.69, 9.17) is 12.1 Å². The Kier molecular flexibility index (Phi) is 9.70. The molecule has 0 fully saturated rings. The molecule has 0 spiro atoms. The summed E-state index contributed by atoms with van der Waals surface area (Å²) in [4.78, 5) is 9.23. The van der Waals surface area contributed by atoms with Crippen LogP contribution in [0.2, 0.25) is 0 Å². The molecule has 0 bridgehead atoms. The van der Waals surface area contributed by atoms with Crippen molar-refractivity contribution in [1.82, 2.24) is 9.97 Å². The Hall–Kier alpha value is -4.41. The van der Waals surface area contributed by atoms with Crippen molar-refractivity contribution in [2.75, 3.05) is 0 Å². The van der Waals surface area contributed by atoms with Gasteiger partial charge < -0.3 is 14.4 Å². The third-order valence-corrected chi connectivity index (χ3v) is 9.95. The summed E-state index contributed by atoms with van der Waals surface area (Å²) in [6.07, 6.45) is 2.04. The fraction of sp³-hybridized carbons (Fsp3) is 0.217. The van der Waals surface area contributed by atoms with E-state index < -0.39 is 11.8 Å². The van der Waals surface area contributed by atoms with E-state index in [0.717, 1.165) is 72.1 Å². The molecule has 8 rings (SSSR count). The number of thiophene rings is 1.